The average molecular weight is 351 g/mol. The van der Waals surface area contributed by atoms with Crippen LogP contribution in [0.3, 0.4) is 0 Å². The number of carbonyl (C=O) groups is 2. The Morgan fingerprint density at radius 3 is 2.48 bits per heavy atom. The van der Waals surface area contributed by atoms with Crippen molar-refractivity contribution in [3.8, 4) is 0 Å². The predicted octanol–water partition coefficient (Wildman–Crippen LogP) is 1.67. The van der Waals surface area contributed by atoms with Crippen molar-refractivity contribution in [2.45, 2.75) is 31.7 Å². The van der Waals surface area contributed by atoms with Crippen molar-refractivity contribution >= 4 is 11.8 Å². The van der Waals surface area contributed by atoms with Crippen LogP contribution in [0, 0.1) is 23.5 Å². The van der Waals surface area contributed by atoms with E-state index < -0.39 is 17.5 Å². The van der Waals surface area contributed by atoms with Gasteiger partial charge in [0.25, 0.3) is 5.91 Å². The smallest absolute Gasteiger partial charge is 0.256 e. The molecule has 1 heterocycles. The maximum atomic E-state index is 13.7. The van der Waals surface area contributed by atoms with Gasteiger partial charge >= 0.3 is 0 Å². The zero-order valence-corrected chi connectivity index (χ0v) is 14.0. The normalized spacial score (nSPS) is 19.6. The molecule has 7 heteroatoms. The quantitative estimate of drug-likeness (QED) is 0.847. The van der Waals surface area contributed by atoms with Crippen LogP contribution in [-0.2, 0) is 4.79 Å². The van der Waals surface area contributed by atoms with Crippen LogP contribution in [0.5, 0.6) is 0 Å². The minimum Gasteiger partial charge on any atom is -0.354 e. The van der Waals surface area contributed by atoms with Gasteiger partial charge < -0.3 is 16.0 Å². The first-order chi connectivity index (χ1) is 12.0. The van der Waals surface area contributed by atoms with Crippen LogP contribution >= 0.6 is 0 Å². The van der Waals surface area contributed by atoms with Gasteiger partial charge in [0.15, 0.2) is 0 Å². The molecule has 1 unspecified atom stereocenters. The van der Waals surface area contributed by atoms with E-state index in [2.05, 4.69) is 5.32 Å². The first-order valence-corrected chi connectivity index (χ1v) is 8.73. The van der Waals surface area contributed by atoms with E-state index in [4.69, 9.17) is 5.73 Å². The molecule has 1 aromatic carbocycles. The van der Waals surface area contributed by atoms with E-state index in [0.717, 1.165) is 25.0 Å². The third-order valence-corrected chi connectivity index (χ3v) is 5.05. The number of nitrogens with zero attached hydrogens (tertiary/aromatic N) is 1. The molecular formula is C18H23F2N3O2. The first kappa shape index (κ1) is 17.8. The lowest BCUT2D eigenvalue weighted by Crippen LogP contribution is -2.45. The van der Waals surface area contributed by atoms with Gasteiger partial charge in [-0.15, -0.1) is 0 Å². The highest BCUT2D eigenvalue weighted by molar-refractivity contribution is 5.94. The van der Waals surface area contributed by atoms with E-state index >= 15 is 0 Å². The summed E-state index contributed by atoms with van der Waals surface area (Å²) >= 11 is 0. The molecule has 3 rings (SSSR count). The monoisotopic (exact) mass is 351 g/mol. The van der Waals surface area contributed by atoms with Crippen molar-refractivity contribution in [2.75, 3.05) is 19.6 Å². The number of amides is 2. The molecule has 0 spiro atoms. The lowest BCUT2D eigenvalue weighted by atomic mass is 9.95. The number of likely N-dealkylation sites (tertiary alicyclic amines) is 1. The number of nitrogens with one attached hydrogen (secondary N) is 1. The maximum absolute atomic E-state index is 13.7. The Kier molecular flexibility index (Phi) is 5.32. The minimum atomic E-state index is -0.862. The molecule has 136 valence electrons. The molecule has 25 heavy (non-hydrogen) atoms. The standard InChI is InChI=1S/C18H23F2N3O2/c19-13-3-4-14(15(20)9-13)18(25)23-7-5-12(6-8-23)17(24)22-10-16(21)11-1-2-11/h3-4,9,11-12,16H,1-2,5-8,10,21H2,(H,22,24). The van der Waals surface area contributed by atoms with Crippen molar-refractivity contribution in [1.29, 1.82) is 0 Å². The zero-order valence-electron chi connectivity index (χ0n) is 14.0. The fourth-order valence-corrected chi connectivity index (χ4v) is 3.23. The van der Waals surface area contributed by atoms with Gasteiger partial charge in [-0.3, -0.25) is 9.59 Å². The minimum absolute atomic E-state index is 0.0204. The van der Waals surface area contributed by atoms with Gasteiger partial charge in [0.05, 0.1) is 5.56 Å². The molecule has 1 aromatic rings. The zero-order chi connectivity index (χ0) is 18.0. The highest BCUT2D eigenvalue weighted by Crippen LogP contribution is 2.31. The SMILES string of the molecule is NC(CNC(=O)C1CCN(C(=O)c2ccc(F)cc2F)CC1)C1CC1. The second kappa shape index (κ2) is 7.47. The molecule has 3 N–H and O–H groups in total. The summed E-state index contributed by atoms with van der Waals surface area (Å²) in [6, 6.07) is 2.95. The second-order valence-corrected chi connectivity index (χ2v) is 6.94. The number of rotatable bonds is 5. The summed E-state index contributed by atoms with van der Waals surface area (Å²) in [4.78, 5) is 26.1. The predicted molar refractivity (Wildman–Crippen MR) is 88.7 cm³/mol. The molecular weight excluding hydrogens is 328 g/mol. The number of carbonyl (C=O) groups excluding carboxylic acids is 2. The summed E-state index contributed by atoms with van der Waals surface area (Å²) in [5.74, 6) is -1.70. The van der Waals surface area contributed by atoms with Crippen molar-refractivity contribution < 1.29 is 18.4 Å². The lowest BCUT2D eigenvalue weighted by molar-refractivity contribution is -0.126. The Bertz CT molecular complexity index is 656. The Hall–Kier alpha value is -2.02. The van der Waals surface area contributed by atoms with E-state index in [1.54, 1.807) is 0 Å². The van der Waals surface area contributed by atoms with Gasteiger partial charge in [-0.05, 0) is 43.7 Å². The van der Waals surface area contributed by atoms with E-state index in [9.17, 15) is 18.4 Å². The first-order valence-electron chi connectivity index (χ1n) is 8.73. The molecule has 2 fully saturated rings. The van der Waals surface area contributed by atoms with Crippen molar-refractivity contribution in [3.05, 3.63) is 35.4 Å². The topological polar surface area (TPSA) is 75.4 Å². The van der Waals surface area contributed by atoms with Crippen molar-refractivity contribution in [2.24, 2.45) is 17.6 Å². The number of nitrogens with two attached hydrogens (primary N) is 1. The molecule has 2 amide bonds. The molecule has 1 saturated heterocycles. The van der Waals surface area contributed by atoms with E-state index in [1.165, 1.54) is 4.90 Å². The van der Waals surface area contributed by atoms with Gasteiger partial charge in [-0.2, -0.15) is 0 Å². The molecule has 0 aromatic heterocycles. The fourth-order valence-electron chi connectivity index (χ4n) is 3.23. The van der Waals surface area contributed by atoms with Crippen LogP contribution in [0.2, 0.25) is 0 Å². The molecule has 1 atom stereocenters. The van der Waals surface area contributed by atoms with Crippen LogP contribution in [-0.4, -0.2) is 42.4 Å². The van der Waals surface area contributed by atoms with Gasteiger partial charge in [0.1, 0.15) is 11.6 Å². The summed E-state index contributed by atoms with van der Waals surface area (Å²) in [5, 5.41) is 2.90. The third-order valence-electron chi connectivity index (χ3n) is 5.05. The number of piperidine rings is 1. The van der Waals surface area contributed by atoms with Crippen LogP contribution in [0.25, 0.3) is 0 Å². The molecule has 5 nitrogen and oxygen atoms in total. The number of hydrogen-bond donors (Lipinski definition) is 2. The number of hydrogen-bond acceptors (Lipinski definition) is 3. The molecule has 0 radical (unpaired) electrons. The highest BCUT2D eigenvalue weighted by Gasteiger charge is 2.31. The van der Waals surface area contributed by atoms with Gasteiger partial charge in [-0.25, -0.2) is 8.78 Å². The van der Waals surface area contributed by atoms with Gasteiger partial charge in [0, 0.05) is 37.7 Å². The Morgan fingerprint density at radius 1 is 1.20 bits per heavy atom. The largest absolute Gasteiger partial charge is 0.354 e. The van der Waals surface area contributed by atoms with Crippen LogP contribution in [0.1, 0.15) is 36.0 Å². The average Bonchev–Trinajstić information content (AvgIpc) is 3.44. The van der Waals surface area contributed by atoms with Crippen LogP contribution in [0.4, 0.5) is 8.78 Å². The molecule has 0 bridgehead atoms. The Morgan fingerprint density at radius 2 is 1.88 bits per heavy atom. The van der Waals surface area contributed by atoms with Crippen LogP contribution < -0.4 is 11.1 Å². The van der Waals surface area contributed by atoms with Crippen molar-refractivity contribution in [3.63, 3.8) is 0 Å². The van der Waals surface area contributed by atoms with E-state index in [0.29, 0.717) is 44.5 Å². The third kappa shape index (κ3) is 4.34. The second-order valence-electron chi connectivity index (χ2n) is 6.94. The summed E-state index contributed by atoms with van der Waals surface area (Å²) in [6.07, 6.45) is 3.33. The summed E-state index contributed by atoms with van der Waals surface area (Å²) in [7, 11) is 0. The lowest BCUT2D eigenvalue weighted by Gasteiger charge is -2.31. The van der Waals surface area contributed by atoms with E-state index in [-0.39, 0.29) is 23.4 Å². The highest BCUT2D eigenvalue weighted by atomic mass is 19.1. The Labute approximate surface area is 145 Å². The number of halogens is 2. The van der Waals surface area contributed by atoms with Crippen LogP contribution in [0.15, 0.2) is 18.2 Å². The van der Waals surface area contributed by atoms with Gasteiger partial charge in [0.2, 0.25) is 5.91 Å². The molecule has 1 aliphatic carbocycles. The van der Waals surface area contributed by atoms with Crippen molar-refractivity contribution in [1.82, 2.24) is 10.2 Å². The van der Waals surface area contributed by atoms with E-state index in [1.807, 2.05) is 0 Å². The summed E-state index contributed by atoms with van der Waals surface area (Å²) in [6.45, 7) is 1.24. The summed E-state index contributed by atoms with van der Waals surface area (Å²) in [5.41, 5.74) is 5.84. The number of benzene rings is 1. The van der Waals surface area contributed by atoms with Gasteiger partial charge in [-0.1, -0.05) is 0 Å². The Balaban J connectivity index is 1.49. The summed E-state index contributed by atoms with van der Waals surface area (Å²) < 4.78 is 26.7. The molecule has 2 aliphatic rings. The maximum Gasteiger partial charge on any atom is 0.256 e. The fraction of sp³-hybridized carbons (Fsp3) is 0.556. The molecule has 1 aliphatic heterocycles. The molecule has 1 saturated carbocycles.